The number of nitrogens with zero attached hydrogens (tertiary/aromatic N) is 1. The molecule has 7 heteroatoms. The van der Waals surface area contributed by atoms with Crippen molar-refractivity contribution in [2.45, 2.75) is 70.4 Å². The van der Waals surface area contributed by atoms with Crippen molar-refractivity contribution in [2.75, 3.05) is 13.1 Å². The Hall–Kier alpha value is -1.44. The standard InChI is InChI=1S/C22H32N2O4S/c1-14-5-6-15(11-18(14)29(27,28)24-10-8-17(25)13-24)19(26)23-20-21(2,3)16-7-9-22(20,4)12-16/h5-6,11,16-17,20,25H,7-10,12-13H2,1-4H3,(H,23,26). The van der Waals surface area contributed by atoms with E-state index in [4.69, 9.17) is 0 Å². The number of benzene rings is 1. The van der Waals surface area contributed by atoms with Crippen molar-refractivity contribution in [2.24, 2.45) is 16.7 Å². The van der Waals surface area contributed by atoms with Crippen molar-refractivity contribution in [3.05, 3.63) is 29.3 Å². The number of sulfonamides is 1. The van der Waals surface area contributed by atoms with Gasteiger partial charge in [-0.25, -0.2) is 8.42 Å². The average Bonchev–Trinajstić information content (AvgIpc) is 3.30. The van der Waals surface area contributed by atoms with Gasteiger partial charge >= 0.3 is 0 Å². The molecule has 0 radical (unpaired) electrons. The van der Waals surface area contributed by atoms with Crippen LogP contribution in [-0.4, -0.2) is 49.0 Å². The molecule has 6 nitrogen and oxygen atoms in total. The lowest BCUT2D eigenvalue weighted by Gasteiger charge is -2.43. The molecule has 1 aromatic carbocycles. The van der Waals surface area contributed by atoms with E-state index in [9.17, 15) is 18.3 Å². The molecule has 1 amide bonds. The van der Waals surface area contributed by atoms with E-state index in [-0.39, 0.29) is 34.2 Å². The van der Waals surface area contributed by atoms with Crippen LogP contribution in [0.15, 0.2) is 23.1 Å². The maximum absolute atomic E-state index is 13.1. The highest BCUT2D eigenvalue weighted by Gasteiger charge is 2.59. The summed E-state index contributed by atoms with van der Waals surface area (Å²) in [6.45, 7) is 8.87. The molecule has 1 aromatic rings. The van der Waals surface area contributed by atoms with Crippen molar-refractivity contribution < 1.29 is 18.3 Å². The third kappa shape index (κ3) is 3.31. The second kappa shape index (κ2) is 6.79. The third-order valence-electron chi connectivity index (χ3n) is 7.74. The van der Waals surface area contributed by atoms with Crippen molar-refractivity contribution in [3.63, 3.8) is 0 Å². The van der Waals surface area contributed by atoms with Gasteiger partial charge in [0.05, 0.1) is 11.0 Å². The number of aliphatic hydroxyl groups excluding tert-OH is 1. The molecule has 1 saturated heterocycles. The first kappa shape index (κ1) is 20.8. The van der Waals surface area contributed by atoms with Crippen LogP contribution in [0, 0.1) is 23.7 Å². The number of carbonyl (C=O) groups is 1. The molecule has 3 aliphatic rings. The van der Waals surface area contributed by atoms with Gasteiger partial charge in [0.2, 0.25) is 10.0 Å². The van der Waals surface area contributed by atoms with Crippen molar-refractivity contribution in [1.82, 2.24) is 9.62 Å². The molecule has 2 aliphatic carbocycles. The molecular formula is C22H32N2O4S. The van der Waals surface area contributed by atoms with Gasteiger partial charge in [0.1, 0.15) is 0 Å². The number of rotatable bonds is 4. The van der Waals surface area contributed by atoms with E-state index >= 15 is 0 Å². The lowest BCUT2D eigenvalue weighted by Crippen LogP contribution is -2.52. The number of nitrogens with one attached hydrogen (secondary N) is 1. The summed E-state index contributed by atoms with van der Waals surface area (Å²) in [6, 6.07) is 4.97. The van der Waals surface area contributed by atoms with Gasteiger partial charge in [-0.1, -0.05) is 26.8 Å². The highest BCUT2D eigenvalue weighted by molar-refractivity contribution is 7.89. The van der Waals surface area contributed by atoms with Crippen LogP contribution in [-0.2, 0) is 10.0 Å². The molecule has 29 heavy (non-hydrogen) atoms. The van der Waals surface area contributed by atoms with Gasteiger partial charge in [-0.2, -0.15) is 4.31 Å². The minimum Gasteiger partial charge on any atom is -0.392 e. The summed E-state index contributed by atoms with van der Waals surface area (Å²) in [6.07, 6.45) is 3.28. The Balaban J connectivity index is 1.60. The molecule has 4 unspecified atom stereocenters. The van der Waals surface area contributed by atoms with E-state index in [1.807, 2.05) is 0 Å². The largest absolute Gasteiger partial charge is 0.392 e. The van der Waals surface area contributed by atoms with Gasteiger partial charge in [0.25, 0.3) is 5.91 Å². The van der Waals surface area contributed by atoms with E-state index in [2.05, 4.69) is 26.1 Å². The summed E-state index contributed by atoms with van der Waals surface area (Å²) in [7, 11) is -3.74. The van der Waals surface area contributed by atoms with Crippen LogP contribution in [0.2, 0.25) is 0 Å². The summed E-state index contributed by atoms with van der Waals surface area (Å²) < 4.78 is 27.4. The normalized spacial score (nSPS) is 33.9. The second-order valence-electron chi connectivity index (χ2n) is 10.1. The first-order valence-electron chi connectivity index (χ1n) is 10.5. The van der Waals surface area contributed by atoms with Crippen LogP contribution in [0.1, 0.15) is 62.4 Å². The molecule has 3 fully saturated rings. The maximum Gasteiger partial charge on any atom is 0.251 e. The summed E-state index contributed by atoms with van der Waals surface area (Å²) in [5.74, 6) is 0.406. The van der Waals surface area contributed by atoms with Gasteiger partial charge in [-0.15, -0.1) is 0 Å². The summed E-state index contributed by atoms with van der Waals surface area (Å²) >= 11 is 0. The minimum atomic E-state index is -3.74. The first-order chi connectivity index (χ1) is 13.4. The molecule has 0 aromatic heterocycles. The molecule has 2 bridgehead atoms. The first-order valence-corrected chi connectivity index (χ1v) is 12.0. The predicted molar refractivity (Wildman–Crippen MR) is 111 cm³/mol. The Labute approximate surface area is 173 Å². The molecule has 0 spiro atoms. The molecular weight excluding hydrogens is 388 g/mol. The highest BCUT2D eigenvalue weighted by atomic mass is 32.2. The van der Waals surface area contributed by atoms with Crippen LogP contribution >= 0.6 is 0 Å². The molecule has 1 heterocycles. The SMILES string of the molecule is Cc1ccc(C(=O)NC2C3(C)CCC(C3)C2(C)C)cc1S(=O)(=O)N1CCC(O)C1. The van der Waals surface area contributed by atoms with Gasteiger partial charge in [0, 0.05) is 24.7 Å². The second-order valence-corrected chi connectivity index (χ2v) is 12.0. The van der Waals surface area contributed by atoms with Gasteiger partial charge < -0.3 is 10.4 Å². The number of aryl methyl sites for hydroxylation is 1. The Kier molecular flexibility index (Phi) is 4.87. The van der Waals surface area contributed by atoms with E-state index in [1.165, 1.54) is 16.8 Å². The molecule has 2 N–H and O–H groups in total. The van der Waals surface area contributed by atoms with Crippen LogP contribution in [0.4, 0.5) is 0 Å². The molecule has 1 aliphatic heterocycles. The molecule has 160 valence electrons. The topological polar surface area (TPSA) is 86.7 Å². The fourth-order valence-corrected chi connectivity index (χ4v) is 7.71. The van der Waals surface area contributed by atoms with E-state index < -0.39 is 16.1 Å². The van der Waals surface area contributed by atoms with Crippen molar-refractivity contribution in [1.29, 1.82) is 0 Å². The van der Waals surface area contributed by atoms with E-state index in [1.54, 1.807) is 19.1 Å². The summed E-state index contributed by atoms with van der Waals surface area (Å²) in [5.41, 5.74) is 1.12. The van der Waals surface area contributed by atoms with Gasteiger partial charge in [-0.05, 0) is 67.1 Å². The van der Waals surface area contributed by atoms with Crippen LogP contribution < -0.4 is 5.32 Å². The Morgan fingerprint density at radius 2 is 1.97 bits per heavy atom. The Morgan fingerprint density at radius 3 is 2.55 bits per heavy atom. The Morgan fingerprint density at radius 1 is 1.24 bits per heavy atom. The minimum absolute atomic E-state index is 0.0357. The quantitative estimate of drug-likeness (QED) is 0.784. The highest BCUT2D eigenvalue weighted by Crippen LogP contribution is 2.62. The zero-order valence-corrected chi connectivity index (χ0v) is 18.6. The van der Waals surface area contributed by atoms with E-state index in [0.717, 1.165) is 12.8 Å². The molecule has 2 saturated carbocycles. The summed E-state index contributed by atoms with van der Waals surface area (Å²) in [4.78, 5) is 13.3. The zero-order valence-electron chi connectivity index (χ0n) is 17.7. The lowest BCUT2D eigenvalue weighted by molar-refractivity contribution is 0.0737. The van der Waals surface area contributed by atoms with Gasteiger partial charge in [-0.3, -0.25) is 4.79 Å². The fraction of sp³-hybridized carbons (Fsp3) is 0.682. The Bertz CT molecular complexity index is 937. The van der Waals surface area contributed by atoms with Crippen LogP contribution in [0.25, 0.3) is 0 Å². The predicted octanol–water partition coefficient (Wildman–Crippen LogP) is 2.69. The summed E-state index contributed by atoms with van der Waals surface area (Å²) in [5, 5.41) is 13.0. The molecule has 4 atom stereocenters. The monoisotopic (exact) mass is 420 g/mol. The zero-order chi connectivity index (χ0) is 21.2. The van der Waals surface area contributed by atoms with Crippen molar-refractivity contribution in [3.8, 4) is 0 Å². The number of hydrogen-bond acceptors (Lipinski definition) is 4. The maximum atomic E-state index is 13.1. The number of aliphatic hydroxyl groups is 1. The number of fused-ring (bicyclic) bond motifs is 2. The number of hydrogen-bond donors (Lipinski definition) is 2. The number of amides is 1. The van der Waals surface area contributed by atoms with Crippen molar-refractivity contribution >= 4 is 15.9 Å². The smallest absolute Gasteiger partial charge is 0.251 e. The molecule has 4 rings (SSSR count). The third-order valence-corrected chi connectivity index (χ3v) is 9.75. The number of carbonyl (C=O) groups excluding carboxylic acids is 1. The number of β-amino-alcohol motifs (C(OH)–C–C–N with tert-alkyl or cyclic N) is 1. The van der Waals surface area contributed by atoms with Gasteiger partial charge in [0.15, 0.2) is 0 Å². The van der Waals surface area contributed by atoms with E-state index in [0.29, 0.717) is 30.0 Å². The van der Waals surface area contributed by atoms with Crippen LogP contribution in [0.5, 0.6) is 0 Å². The van der Waals surface area contributed by atoms with Crippen LogP contribution in [0.3, 0.4) is 0 Å². The lowest BCUT2D eigenvalue weighted by atomic mass is 9.68. The fourth-order valence-electron chi connectivity index (χ4n) is 5.96. The average molecular weight is 421 g/mol.